The lowest BCUT2D eigenvalue weighted by Crippen LogP contribution is -2.30. The van der Waals surface area contributed by atoms with E-state index in [0.29, 0.717) is 19.3 Å². The average Bonchev–Trinajstić information content (AvgIpc) is 3.26. The molecule has 0 saturated heterocycles. The van der Waals surface area contributed by atoms with E-state index in [9.17, 15) is 14.4 Å². The van der Waals surface area contributed by atoms with Crippen molar-refractivity contribution in [2.24, 2.45) is 0 Å². The lowest BCUT2D eigenvalue weighted by atomic mass is 10.0. The van der Waals surface area contributed by atoms with Crippen LogP contribution < -0.4 is 0 Å². The maximum atomic E-state index is 12.8. The molecule has 0 bridgehead atoms. The molecule has 1 atom stereocenters. The van der Waals surface area contributed by atoms with Gasteiger partial charge in [-0.3, -0.25) is 14.4 Å². The van der Waals surface area contributed by atoms with Gasteiger partial charge in [0.15, 0.2) is 6.10 Å². The Balaban J connectivity index is 4.29. The Kier molecular flexibility index (Phi) is 47.4. The standard InChI is InChI=1S/C55H96O6/c1-4-7-10-13-16-19-22-24-25-26-27-28-29-30-31-32-34-36-39-42-45-48-54(57)60-51-52(50-59-53(56)47-44-41-38-35-21-18-15-12-9-6-3)61-55(58)49-46-43-40-37-33-23-20-17-14-11-8-5-2/h7,10,12,15-16,19,24-25,27-28,52H,4-6,8-9,11,13-14,17-18,20-23,26,29-51H2,1-3H3/b10-7-,15-12-,19-16-,25-24-,28-27-. The topological polar surface area (TPSA) is 78.9 Å². The number of carbonyl (C=O) groups is 3. The van der Waals surface area contributed by atoms with Crippen LogP contribution in [0.15, 0.2) is 60.8 Å². The van der Waals surface area contributed by atoms with Crippen molar-refractivity contribution < 1.29 is 28.6 Å². The number of carbonyl (C=O) groups excluding carboxylic acids is 3. The summed E-state index contributed by atoms with van der Waals surface area (Å²) in [6.45, 7) is 6.45. The van der Waals surface area contributed by atoms with E-state index in [1.165, 1.54) is 109 Å². The van der Waals surface area contributed by atoms with E-state index in [1.54, 1.807) is 0 Å². The second-order valence-electron chi connectivity index (χ2n) is 17.1. The number of hydrogen-bond donors (Lipinski definition) is 0. The molecule has 0 saturated carbocycles. The Morgan fingerprint density at radius 2 is 0.672 bits per heavy atom. The summed E-state index contributed by atoms with van der Waals surface area (Å²) in [5.41, 5.74) is 0. The third kappa shape index (κ3) is 48.0. The Bertz CT molecular complexity index is 1120. The van der Waals surface area contributed by atoms with Gasteiger partial charge in [0.1, 0.15) is 13.2 Å². The van der Waals surface area contributed by atoms with Crippen LogP contribution in [0.5, 0.6) is 0 Å². The number of rotatable bonds is 46. The second-order valence-corrected chi connectivity index (χ2v) is 17.1. The van der Waals surface area contributed by atoms with E-state index < -0.39 is 6.10 Å². The van der Waals surface area contributed by atoms with Crippen molar-refractivity contribution in [1.29, 1.82) is 0 Å². The van der Waals surface area contributed by atoms with E-state index in [4.69, 9.17) is 14.2 Å². The van der Waals surface area contributed by atoms with Gasteiger partial charge in [-0.2, -0.15) is 0 Å². The van der Waals surface area contributed by atoms with Crippen LogP contribution in [0.2, 0.25) is 0 Å². The van der Waals surface area contributed by atoms with Gasteiger partial charge in [-0.05, 0) is 77.0 Å². The summed E-state index contributed by atoms with van der Waals surface area (Å²) in [5, 5.41) is 0. The molecule has 352 valence electrons. The van der Waals surface area contributed by atoms with Crippen LogP contribution in [0.1, 0.15) is 252 Å². The Hall–Kier alpha value is -2.89. The monoisotopic (exact) mass is 853 g/mol. The molecule has 0 heterocycles. The highest BCUT2D eigenvalue weighted by molar-refractivity contribution is 5.71. The summed E-state index contributed by atoms with van der Waals surface area (Å²) in [4.78, 5) is 37.9. The zero-order valence-electron chi connectivity index (χ0n) is 40.2. The van der Waals surface area contributed by atoms with Crippen LogP contribution in [0.3, 0.4) is 0 Å². The van der Waals surface area contributed by atoms with Crippen LogP contribution in [-0.4, -0.2) is 37.2 Å². The molecule has 0 aromatic heterocycles. The Morgan fingerprint density at radius 3 is 1.08 bits per heavy atom. The smallest absolute Gasteiger partial charge is 0.306 e. The predicted octanol–water partition coefficient (Wildman–Crippen LogP) is 16.9. The van der Waals surface area contributed by atoms with Gasteiger partial charge in [0.25, 0.3) is 0 Å². The minimum atomic E-state index is -0.776. The Labute approximate surface area is 377 Å². The first-order valence-corrected chi connectivity index (χ1v) is 25.8. The molecule has 0 amide bonds. The maximum Gasteiger partial charge on any atom is 0.306 e. The molecule has 0 fully saturated rings. The van der Waals surface area contributed by atoms with Gasteiger partial charge >= 0.3 is 17.9 Å². The zero-order chi connectivity index (χ0) is 44.4. The van der Waals surface area contributed by atoms with Gasteiger partial charge in [-0.1, -0.05) is 216 Å². The number of esters is 3. The fraction of sp³-hybridized carbons (Fsp3) is 0.764. The number of ether oxygens (including phenoxy) is 3. The third-order valence-electron chi connectivity index (χ3n) is 11.0. The normalized spacial score (nSPS) is 12.5. The van der Waals surface area contributed by atoms with Gasteiger partial charge in [-0.15, -0.1) is 0 Å². The van der Waals surface area contributed by atoms with Gasteiger partial charge in [0.2, 0.25) is 0 Å². The highest BCUT2D eigenvalue weighted by Crippen LogP contribution is 2.15. The SMILES string of the molecule is CC/C=C\C/C=C\C/C=C\C/C=C\CCCCCCCCCCC(=O)OCC(COC(=O)CCCCCCC/C=C\CCC)OC(=O)CCCCCCCCCCCCCC. The number of unbranched alkanes of at least 4 members (excludes halogenated alkanes) is 25. The number of hydrogen-bond acceptors (Lipinski definition) is 6. The minimum absolute atomic E-state index is 0.0795. The van der Waals surface area contributed by atoms with E-state index >= 15 is 0 Å². The van der Waals surface area contributed by atoms with Crippen LogP contribution in [0.4, 0.5) is 0 Å². The van der Waals surface area contributed by atoms with Crippen molar-refractivity contribution in [1.82, 2.24) is 0 Å². The zero-order valence-corrected chi connectivity index (χ0v) is 40.2. The fourth-order valence-electron chi connectivity index (χ4n) is 7.14. The van der Waals surface area contributed by atoms with Crippen molar-refractivity contribution in [3.8, 4) is 0 Å². The highest BCUT2D eigenvalue weighted by Gasteiger charge is 2.19. The van der Waals surface area contributed by atoms with Crippen molar-refractivity contribution in [3.63, 3.8) is 0 Å². The molecule has 6 heteroatoms. The Morgan fingerprint density at radius 1 is 0.344 bits per heavy atom. The largest absolute Gasteiger partial charge is 0.462 e. The molecule has 61 heavy (non-hydrogen) atoms. The van der Waals surface area contributed by atoms with E-state index in [2.05, 4.69) is 81.5 Å². The summed E-state index contributed by atoms with van der Waals surface area (Å²) in [5.74, 6) is -0.893. The fourth-order valence-corrected chi connectivity index (χ4v) is 7.14. The van der Waals surface area contributed by atoms with E-state index in [0.717, 1.165) is 103 Å². The molecule has 0 rings (SSSR count). The van der Waals surface area contributed by atoms with Crippen molar-refractivity contribution in [2.45, 2.75) is 258 Å². The first kappa shape index (κ1) is 58.1. The van der Waals surface area contributed by atoms with Gasteiger partial charge < -0.3 is 14.2 Å². The van der Waals surface area contributed by atoms with Crippen LogP contribution in [-0.2, 0) is 28.6 Å². The molecular weight excluding hydrogens is 757 g/mol. The van der Waals surface area contributed by atoms with Gasteiger partial charge in [0, 0.05) is 19.3 Å². The van der Waals surface area contributed by atoms with E-state index in [-0.39, 0.29) is 31.1 Å². The van der Waals surface area contributed by atoms with Crippen molar-refractivity contribution in [3.05, 3.63) is 60.8 Å². The average molecular weight is 853 g/mol. The molecule has 6 nitrogen and oxygen atoms in total. The van der Waals surface area contributed by atoms with E-state index in [1.807, 2.05) is 0 Å². The van der Waals surface area contributed by atoms with Crippen LogP contribution in [0, 0.1) is 0 Å². The molecular formula is C55H96O6. The number of allylic oxidation sites excluding steroid dienone is 10. The van der Waals surface area contributed by atoms with Crippen molar-refractivity contribution in [2.75, 3.05) is 13.2 Å². The molecule has 0 spiro atoms. The maximum absolute atomic E-state index is 12.8. The summed E-state index contributed by atoms with van der Waals surface area (Å²) < 4.78 is 16.8. The quantitative estimate of drug-likeness (QED) is 0.0263. The summed E-state index contributed by atoms with van der Waals surface area (Å²) in [6, 6.07) is 0. The second kappa shape index (κ2) is 49.8. The lowest BCUT2D eigenvalue weighted by Gasteiger charge is -2.18. The molecule has 0 radical (unpaired) electrons. The molecule has 0 aliphatic rings. The first-order valence-electron chi connectivity index (χ1n) is 25.8. The summed E-state index contributed by atoms with van der Waals surface area (Å²) in [7, 11) is 0. The first-order chi connectivity index (χ1) is 30.0. The molecule has 0 aromatic carbocycles. The van der Waals surface area contributed by atoms with Crippen LogP contribution >= 0.6 is 0 Å². The summed E-state index contributed by atoms with van der Waals surface area (Å²) in [6.07, 6.45) is 60.6. The van der Waals surface area contributed by atoms with Crippen molar-refractivity contribution >= 4 is 17.9 Å². The highest BCUT2D eigenvalue weighted by atomic mass is 16.6. The summed E-state index contributed by atoms with van der Waals surface area (Å²) >= 11 is 0. The third-order valence-corrected chi connectivity index (χ3v) is 11.0. The molecule has 0 aliphatic heterocycles. The molecule has 1 unspecified atom stereocenters. The predicted molar refractivity (Wildman–Crippen MR) is 261 cm³/mol. The van der Waals surface area contributed by atoms with Gasteiger partial charge in [-0.25, -0.2) is 0 Å². The molecule has 0 aromatic rings. The van der Waals surface area contributed by atoms with Gasteiger partial charge in [0.05, 0.1) is 0 Å². The molecule has 0 N–H and O–H groups in total. The van der Waals surface area contributed by atoms with Crippen LogP contribution in [0.25, 0.3) is 0 Å². The minimum Gasteiger partial charge on any atom is -0.462 e. The lowest BCUT2D eigenvalue weighted by molar-refractivity contribution is -0.167. The molecule has 0 aliphatic carbocycles.